The van der Waals surface area contributed by atoms with E-state index in [9.17, 15) is 0 Å². The molecule has 0 aliphatic carbocycles. The maximum atomic E-state index is 2.68. The summed E-state index contributed by atoms with van der Waals surface area (Å²) in [7, 11) is 0. The lowest BCUT2D eigenvalue weighted by atomic mass is 9.84. The van der Waals surface area contributed by atoms with Crippen molar-refractivity contribution < 1.29 is 0 Å². The van der Waals surface area contributed by atoms with E-state index in [-0.39, 0.29) is 10.8 Å². The first-order chi connectivity index (χ1) is 42.0. The van der Waals surface area contributed by atoms with Crippen molar-refractivity contribution in [2.45, 2.75) is 52.4 Å². The summed E-state index contributed by atoms with van der Waals surface area (Å²) in [4.78, 5) is 0. The van der Waals surface area contributed by atoms with Crippen LogP contribution in [-0.2, 0) is 10.8 Å². The van der Waals surface area contributed by atoms with E-state index in [1.807, 2.05) is 0 Å². The van der Waals surface area contributed by atoms with Crippen LogP contribution in [0.4, 0.5) is 0 Å². The molecule has 0 radical (unpaired) electrons. The molecule has 0 saturated heterocycles. The molecule has 0 aliphatic heterocycles. The highest BCUT2D eigenvalue weighted by molar-refractivity contribution is 6.39. The number of hydrogen-bond acceptors (Lipinski definition) is 0. The first-order valence-electron chi connectivity index (χ1n) is 30.4. The van der Waals surface area contributed by atoms with Crippen molar-refractivity contribution in [3.63, 3.8) is 0 Å². The fraction of sp³-hybridized carbons (Fsp3) is 0.0976. The number of para-hydroxylation sites is 4. The van der Waals surface area contributed by atoms with Crippen LogP contribution < -0.4 is 0 Å². The second kappa shape index (κ2) is 16.7. The van der Waals surface area contributed by atoms with Crippen molar-refractivity contribution in [1.82, 2.24) is 17.9 Å². The van der Waals surface area contributed by atoms with Crippen molar-refractivity contribution in [3.05, 3.63) is 254 Å². The summed E-state index contributed by atoms with van der Waals surface area (Å²) in [6.07, 6.45) is 0. The molecule has 6 heterocycles. The topological polar surface area (TPSA) is 18.7 Å². The second-order valence-electron chi connectivity index (χ2n) is 26.4. The van der Waals surface area contributed by atoms with Gasteiger partial charge < -0.3 is 17.9 Å². The van der Waals surface area contributed by atoms with Gasteiger partial charge in [-0.2, -0.15) is 0 Å². The normalized spacial score (nSPS) is 13.0. The molecule has 0 fully saturated rings. The lowest BCUT2D eigenvalue weighted by Gasteiger charge is -2.20. The summed E-state index contributed by atoms with van der Waals surface area (Å²) < 4.78 is 10.2. The van der Waals surface area contributed by atoms with Crippen LogP contribution in [-0.4, -0.2) is 17.9 Å². The summed E-state index contributed by atoms with van der Waals surface area (Å²) >= 11 is 0. The summed E-state index contributed by atoms with van der Waals surface area (Å²) in [5.74, 6) is 0. The molecule has 19 aromatic rings. The first kappa shape index (κ1) is 48.0. The van der Waals surface area contributed by atoms with Crippen LogP contribution in [0.25, 0.3) is 175 Å². The number of rotatable bonds is 4. The summed E-state index contributed by atoms with van der Waals surface area (Å²) in [6, 6.07) is 92.2. The second-order valence-corrected chi connectivity index (χ2v) is 26.4. The largest absolute Gasteiger partial charge is 0.309 e. The van der Waals surface area contributed by atoms with Crippen molar-refractivity contribution in [1.29, 1.82) is 0 Å². The summed E-state index contributed by atoms with van der Waals surface area (Å²) in [5, 5.41) is 20.5. The van der Waals surface area contributed by atoms with Gasteiger partial charge in [-0.3, -0.25) is 0 Å². The molecule has 406 valence electrons. The molecular formula is C82H58N4. The van der Waals surface area contributed by atoms with Gasteiger partial charge in [-0.25, -0.2) is 0 Å². The first-order valence-corrected chi connectivity index (χ1v) is 30.4. The van der Waals surface area contributed by atoms with E-state index in [2.05, 4.69) is 302 Å². The zero-order valence-corrected chi connectivity index (χ0v) is 48.9. The number of fused-ring (bicyclic) bond motifs is 22. The highest BCUT2D eigenvalue weighted by atomic mass is 15.0. The molecule has 0 N–H and O–H groups in total. The van der Waals surface area contributed by atoms with E-state index in [1.54, 1.807) is 0 Å². The molecular weight excluding hydrogens is 1040 g/mol. The molecule has 19 rings (SSSR count). The smallest absolute Gasteiger partial charge is 0.0626 e. The molecule has 0 spiro atoms. The van der Waals surface area contributed by atoms with Crippen molar-refractivity contribution >= 4 is 141 Å². The van der Waals surface area contributed by atoms with Gasteiger partial charge in [0.2, 0.25) is 0 Å². The Bertz CT molecular complexity index is 6090. The monoisotopic (exact) mass is 1100 g/mol. The average molecular weight is 1100 g/mol. The van der Waals surface area contributed by atoms with Gasteiger partial charge in [0.05, 0.1) is 55.2 Å². The zero-order chi connectivity index (χ0) is 57.2. The zero-order valence-electron chi connectivity index (χ0n) is 48.9. The van der Waals surface area contributed by atoms with Crippen LogP contribution in [0, 0.1) is 0 Å². The van der Waals surface area contributed by atoms with Crippen LogP contribution in [0.3, 0.4) is 0 Å². The molecule has 86 heavy (non-hydrogen) atoms. The Kier molecular flexibility index (Phi) is 9.31. The van der Waals surface area contributed by atoms with Crippen LogP contribution in [0.5, 0.6) is 0 Å². The van der Waals surface area contributed by atoms with E-state index in [1.165, 1.54) is 175 Å². The molecule has 0 bridgehead atoms. The van der Waals surface area contributed by atoms with Crippen LogP contribution in [0.2, 0.25) is 0 Å². The lowest BCUT2D eigenvalue weighted by molar-refractivity contribution is 0.591. The Labute approximate surface area is 496 Å². The maximum Gasteiger partial charge on any atom is 0.0626 e. The Morgan fingerprint density at radius 1 is 0.256 bits per heavy atom. The molecule has 13 aromatic carbocycles. The van der Waals surface area contributed by atoms with Gasteiger partial charge in [0.25, 0.3) is 0 Å². The fourth-order valence-corrected chi connectivity index (χ4v) is 15.7. The number of aromatic nitrogens is 4. The van der Waals surface area contributed by atoms with Crippen LogP contribution in [0.1, 0.15) is 52.7 Å². The predicted octanol–water partition coefficient (Wildman–Crippen LogP) is 22.4. The molecule has 0 atom stereocenters. The summed E-state index contributed by atoms with van der Waals surface area (Å²) in [6.45, 7) is 14.3. The van der Waals surface area contributed by atoms with Crippen molar-refractivity contribution in [2.24, 2.45) is 0 Å². The number of nitrogens with zero attached hydrogens (tertiary/aromatic N) is 4. The quantitative estimate of drug-likeness (QED) is 0.167. The SMILES string of the molecule is CC(C)(C)c1cc2c3cc4ccccc4c(-c4ccc5c(c4)c4ccccc4n5-c4ccccc4)c3n3c4ccc5c(c6cc(C(C)(C)C)cc7c8c9ccccc9cc(-c9ccc%10c(c9)c9ccccc9n%10-c9ccccc9)c8n5c67)c4c(c1)c23. The highest BCUT2D eigenvalue weighted by Gasteiger charge is 2.31. The molecule has 0 saturated carbocycles. The Morgan fingerprint density at radius 3 is 1.23 bits per heavy atom. The Balaban J connectivity index is 0.970. The third-order valence-electron chi connectivity index (χ3n) is 19.6. The fourth-order valence-electron chi connectivity index (χ4n) is 15.7. The van der Waals surface area contributed by atoms with E-state index in [0.29, 0.717) is 0 Å². The van der Waals surface area contributed by atoms with Gasteiger partial charge in [-0.1, -0.05) is 175 Å². The van der Waals surface area contributed by atoms with Gasteiger partial charge in [0.15, 0.2) is 0 Å². The average Bonchev–Trinajstić information content (AvgIpc) is 1.53. The molecule has 4 nitrogen and oxygen atoms in total. The Morgan fingerprint density at radius 2 is 0.663 bits per heavy atom. The number of benzene rings is 13. The van der Waals surface area contributed by atoms with Crippen molar-refractivity contribution in [3.8, 4) is 33.6 Å². The Hall–Kier alpha value is -10.4. The maximum absolute atomic E-state index is 2.68. The molecule has 4 heteroatoms. The van der Waals surface area contributed by atoms with E-state index >= 15 is 0 Å². The van der Waals surface area contributed by atoms with Gasteiger partial charge in [-0.05, 0) is 164 Å². The number of hydrogen-bond donors (Lipinski definition) is 0. The minimum atomic E-state index is -0.128. The minimum Gasteiger partial charge on any atom is -0.309 e. The van der Waals surface area contributed by atoms with Crippen LogP contribution >= 0.6 is 0 Å². The molecule has 6 aromatic heterocycles. The van der Waals surface area contributed by atoms with Gasteiger partial charge >= 0.3 is 0 Å². The molecule has 0 amide bonds. The van der Waals surface area contributed by atoms with E-state index in [4.69, 9.17) is 0 Å². The molecule has 0 unspecified atom stereocenters. The minimum absolute atomic E-state index is 0.122. The third kappa shape index (κ3) is 6.27. The predicted molar refractivity (Wildman–Crippen MR) is 368 cm³/mol. The molecule has 0 aliphatic rings. The van der Waals surface area contributed by atoms with E-state index in [0.717, 1.165) is 11.4 Å². The van der Waals surface area contributed by atoms with Gasteiger partial charge in [-0.15, -0.1) is 0 Å². The third-order valence-corrected chi connectivity index (χ3v) is 19.6. The van der Waals surface area contributed by atoms with E-state index < -0.39 is 0 Å². The van der Waals surface area contributed by atoms with Gasteiger partial charge in [0.1, 0.15) is 0 Å². The standard InChI is InChI=1S/C82H58N4/c1-81(2,3)51-43-63-62-41-48-22-13-15-27-55(48)73(50-34-36-70-61(42-50)58-30-18-20-32-68(58)84(70)54-25-11-8-12-26-54)80(62)85-71-37-38-72-76(75(71)65(45-51)77(63)85)66-46-52(82(4,5)6)44-64-74-56-28-16-14-21-47(56)39-59(79(74)86(72)78(64)66)49-33-35-69-60(40-49)57-29-17-19-31-67(57)83(69)53-23-9-7-10-24-53/h7-46H,1-6H3. The van der Waals surface area contributed by atoms with Crippen LogP contribution in [0.15, 0.2) is 243 Å². The van der Waals surface area contributed by atoms with Gasteiger partial charge in [0, 0.05) is 87.1 Å². The highest BCUT2D eigenvalue weighted by Crippen LogP contribution is 2.53. The van der Waals surface area contributed by atoms with Crippen molar-refractivity contribution in [2.75, 3.05) is 0 Å². The lowest BCUT2D eigenvalue weighted by Crippen LogP contribution is -2.10. The summed E-state index contributed by atoms with van der Waals surface area (Å²) in [5.41, 5.74) is 22.0.